The lowest BCUT2D eigenvalue weighted by Crippen LogP contribution is -2.06. The highest BCUT2D eigenvalue weighted by molar-refractivity contribution is 6.28. The molecule has 0 spiro atoms. The highest BCUT2D eigenvalue weighted by Crippen LogP contribution is 2.29. The summed E-state index contributed by atoms with van der Waals surface area (Å²) >= 11 is 0. The van der Waals surface area contributed by atoms with Gasteiger partial charge in [-0.05, 0) is 24.6 Å². The summed E-state index contributed by atoms with van der Waals surface area (Å²) in [6, 6.07) is 8.37. The summed E-state index contributed by atoms with van der Waals surface area (Å²) in [6.45, 7) is 6.14. The number of aromatic hydroxyl groups is 1. The summed E-state index contributed by atoms with van der Waals surface area (Å²) in [5, 5.41) is 9.11. The van der Waals surface area contributed by atoms with Crippen LogP contribution in [0.5, 0.6) is 11.5 Å². The molecule has 0 atom stereocenters. The highest BCUT2D eigenvalue weighted by Gasteiger charge is 2.19. The van der Waals surface area contributed by atoms with Gasteiger partial charge in [0.1, 0.15) is 5.75 Å². The van der Waals surface area contributed by atoms with E-state index in [0.717, 1.165) is 18.6 Å². The predicted octanol–water partition coefficient (Wildman–Crippen LogP) is 4.36. The van der Waals surface area contributed by atoms with Crippen molar-refractivity contribution in [2.75, 3.05) is 6.61 Å². The number of phenolic OH excluding ortho intramolecular Hbond substituents is 1. The Morgan fingerprint density at radius 2 is 1.83 bits per heavy atom. The smallest absolute Gasteiger partial charge is 0.193 e. The van der Waals surface area contributed by atoms with Crippen molar-refractivity contribution in [3.8, 4) is 11.5 Å². The number of benzene rings is 2. The van der Waals surface area contributed by atoms with E-state index >= 15 is 0 Å². The average Bonchev–Trinajstić information content (AvgIpc) is 2.56. The van der Waals surface area contributed by atoms with Gasteiger partial charge >= 0.3 is 0 Å². The molecular weight excluding hydrogens is 302 g/mol. The van der Waals surface area contributed by atoms with E-state index in [2.05, 4.69) is 6.58 Å². The Morgan fingerprint density at radius 3 is 2.43 bits per heavy atom. The molecule has 5 heteroatoms. The largest absolute Gasteiger partial charge is 0.503 e. The van der Waals surface area contributed by atoms with Crippen LogP contribution >= 0.6 is 0 Å². The van der Waals surface area contributed by atoms with E-state index in [1.165, 1.54) is 0 Å². The number of ketones is 1. The van der Waals surface area contributed by atoms with Crippen LogP contribution < -0.4 is 4.74 Å². The number of carbonyl (C=O) groups excluding carboxylic acids is 1. The van der Waals surface area contributed by atoms with Gasteiger partial charge in [-0.25, -0.2) is 8.78 Å². The molecular formula is C18H16F2O3. The van der Waals surface area contributed by atoms with Crippen molar-refractivity contribution >= 4 is 11.4 Å². The molecule has 120 valence electrons. The Balaban J connectivity index is 2.36. The van der Waals surface area contributed by atoms with Crippen LogP contribution in [-0.2, 0) is 0 Å². The zero-order valence-corrected chi connectivity index (χ0v) is 12.6. The van der Waals surface area contributed by atoms with Gasteiger partial charge < -0.3 is 9.84 Å². The molecule has 0 aliphatic heterocycles. The molecule has 0 heterocycles. The molecule has 2 aromatic carbocycles. The minimum absolute atomic E-state index is 0.0567. The fourth-order valence-corrected chi connectivity index (χ4v) is 2.05. The minimum atomic E-state index is -1.20. The van der Waals surface area contributed by atoms with Crippen molar-refractivity contribution in [1.82, 2.24) is 0 Å². The van der Waals surface area contributed by atoms with Crippen LogP contribution in [0.4, 0.5) is 8.78 Å². The van der Waals surface area contributed by atoms with Gasteiger partial charge in [0.25, 0.3) is 0 Å². The van der Waals surface area contributed by atoms with Gasteiger partial charge in [0, 0.05) is 16.7 Å². The summed E-state index contributed by atoms with van der Waals surface area (Å²) < 4.78 is 32.4. The third-order valence-electron chi connectivity index (χ3n) is 3.23. The number of halogens is 2. The first-order valence-corrected chi connectivity index (χ1v) is 7.09. The monoisotopic (exact) mass is 318 g/mol. The molecule has 0 aliphatic carbocycles. The van der Waals surface area contributed by atoms with Gasteiger partial charge in [0.2, 0.25) is 0 Å². The first kappa shape index (κ1) is 16.7. The number of para-hydroxylation sites is 1. The fourth-order valence-electron chi connectivity index (χ4n) is 2.05. The maximum Gasteiger partial charge on any atom is 0.193 e. The number of rotatable bonds is 6. The molecule has 0 aliphatic rings. The number of ether oxygens (including phenoxy) is 1. The maximum absolute atomic E-state index is 13.4. The van der Waals surface area contributed by atoms with Crippen LogP contribution in [0.1, 0.15) is 29.3 Å². The summed E-state index contributed by atoms with van der Waals surface area (Å²) in [5.74, 6) is -3.67. The van der Waals surface area contributed by atoms with Gasteiger partial charge in [-0.2, -0.15) is 0 Å². The Labute approximate surface area is 132 Å². The quantitative estimate of drug-likeness (QED) is 0.636. The summed E-state index contributed by atoms with van der Waals surface area (Å²) in [4.78, 5) is 12.4. The van der Waals surface area contributed by atoms with Crippen LogP contribution in [0.15, 0.2) is 43.0 Å². The van der Waals surface area contributed by atoms with E-state index in [1.807, 2.05) is 6.92 Å². The normalized spacial score (nSPS) is 10.4. The molecule has 1 N–H and O–H groups in total. The topological polar surface area (TPSA) is 46.5 Å². The Bertz CT molecular complexity index is 731. The van der Waals surface area contributed by atoms with Gasteiger partial charge in [-0.3, -0.25) is 4.79 Å². The van der Waals surface area contributed by atoms with Crippen molar-refractivity contribution in [3.63, 3.8) is 0 Å². The van der Waals surface area contributed by atoms with Crippen LogP contribution in [0, 0.1) is 11.6 Å². The van der Waals surface area contributed by atoms with E-state index in [1.54, 1.807) is 24.3 Å². The van der Waals surface area contributed by atoms with Crippen molar-refractivity contribution in [3.05, 3.63) is 65.7 Å². The first-order valence-electron chi connectivity index (χ1n) is 7.09. The molecule has 23 heavy (non-hydrogen) atoms. The number of hydrogen-bond donors (Lipinski definition) is 1. The summed E-state index contributed by atoms with van der Waals surface area (Å²) in [6.07, 6.45) is 0.795. The fraction of sp³-hybridized carbons (Fsp3) is 0.167. The van der Waals surface area contributed by atoms with Crippen LogP contribution in [0.3, 0.4) is 0 Å². The molecule has 2 aromatic rings. The number of hydrogen-bond acceptors (Lipinski definition) is 3. The average molecular weight is 318 g/mol. The van der Waals surface area contributed by atoms with Gasteiger partial charge in [0.05, 0.1) is 6.61 Å². The molecule has 0 saturated heterocycles. The SMILES string of the molecule is C=C(C(=O)c1cc(F)c(O)c(F)c1)c1ccccc1OCCC. The van der Waals surface area contributed by atoms with E-state index in [4.69, 9.17) is 9.84 Å². The first-order chi connectivity index (χ1) is 11.0. The van der Waals surface area contributed by atoms with Crippen molar-refractivity contribution in [1.29, 1.82) is 0 Å². The minimum Gasteiger partial charge on any atom is -0.503 e. The molecule has 0 bridgehead atoms. The molecule has 2 rings (SSSR count). The van der Waals surface area contributed by atoms with Crippen molar-refractivity contribution < 1.29 is 23.4 Å². The van der Waals surface area contributed by atoms with E-state index in [9.17, 15) is 13.6 Å². The van der Waals surface area contributed by atoms with Crippen molar-refractivity contribution in [2.45, 2.75) is 13.3 Å². The summed E-state index contributed by atoms with van der Waals surface area (Å²) in [7, 11) is 0. The zero-order valence-electron chi connectivity index (χ0n) is 12.6. The lowest BCUT2D eigenvalue weighted by Gasteiger charge is -2.12. The highest BCUT2D eigenvalue weighted by atomic mass is 19.1. The number of carbonyl (C=O) groups is 1. The van der Waals surface area contributed by atoms with Crippen LogP contribution in [-0.4, -0.2) is 17.5 Å². The second-order valence-corrected chi connectivity index (χ2v) is 4.94. The molecule has 0 aromatic heterocycles. The van der Waals surface area contributed by atoms with E-state index in [-0.39, 0.29) is 11.1 Å². The Kier molecular flexibility index (Phi) is 5.11. The Hall–Kier alpha value is -2.69. The molecule has 0 unspecified atom stereocenters. The number of allylic oxidation sites excluding steroid dienone is 1. The zero-order chi connectivity index (χ0) is 17.0. The molecule has 0 radical (unpaired) electrons. The van der Waals surface area contributed by atoms with E-state index in [0.29, 0.717) is 17.9 Å². The predicted molar refractivity (Wildman–Crippen MR) is 83.6 cm³/mol. The molecule has 0 fully saturated rings. The third-order valence-corrected chi connectivity index (χ3v) is 3.23. The second-order valence-electron chi connectivity index (χ2n) is 4.94. The van der Waals surface area contributed by atoms with Gasteiger partial charge in [-0.1, -0.05) is 31.7 Å². The third kappa shape index (κ3) is 3.56. The standard InChI is InChI=1S/C18H16F2O3/c1-3-8-23-16-7-5-4-6-13(16)11(2)17(21)12-9-14(19)18(22)15(20)10-12/h4-7,9-10,22H,2-3,8H2,1H3. The summed E-state index contributed by atoms with van der Waals surface area (Å²) in [5.41, 5.74) is 0.286. The lowest BCUT2D eigenvalue weighted by atomic mass is 9.97. The molecule has 3 nitrogen and oxygen atoms in total. The maximum atomic E-state index is 13.4. The number of Topliss-reactive ketones (excluding diaryl/α,β-unsaturated/α-hetero) is 1. The lowest BCUT2D eigenvalue weighted by molar-refractivity contribution is 0.105. The van der Waals surface area contributed by atoms with Crippen molar-refractivity contribution in [2.24, 2.45) is 0 Å². The van der Waals surface area contributed by atoms with Crippen LogP contribution in [0.2, 0.25) is 0 Å². The van der Waals surface area contributed by atoms with E-state index < -0.39 is 23.2 Å². The number of phenols is 1. The van der Waals surface area contributed by atoms with Crippen LogP contribution in [0.25, 0.3) is 5.57 Å². The van der Waals surface area contributed by atoms with Gasteiger partial charge in [-0.15, -0.1) is 0 Å². The molecule has 0 amide bonds. The Morgan fingerprint density at radius 1 is 1.22 bits per heavy atom. The molecule has 0 saturated carbocycles. The second kappa shape index (κ2) is 7.05. The van der Waals surface area contributed by atoms with Gasteiger partial charge in [0.15, 0.2) is 23.2 Å².